The summed E-state index contributed by atoms with van der Waals surface area (Å²) >= 11 is 0. The number of amides is 1. The van der Waals surface area contributed by atoms with Crippen LogP contribution in [-0.2, 0) is 6.42 Å². The second-order valence-electron chi connectivity index (χ2n) is 7.92. The molecule has 4 heterocycles. The van der Waals surface area contributed by atoms with Gasteiger partial charge in [0, 0.05) is 24.6 Å². The molecule has 1 N–H and O–H groups in total. The number of ether oxygens (including phenoxy) is 2. The monoisotopic (exact) mass is 432 g/mol. The lowest BCUT2D eigenvalue weighted by Gasteiger charge is -2.19. The largest absolute Gasteiger partial charge is 0.486 e. The van der Waals surface area contributed by atoms with Crippen molar-refractivity contribution < 1.29 is 18.7 Å². The molecule has 0 unspecified atom stereocenters. The maximum atomic E-state index is 13.1. The van der Waals surface area contributed by atoms with Gasteiger partial charge < -0.3 is 19.2 Å². The normalized spacial score (nSPS) is 13.0. The lowest BCUT2D eigenvalue weighted by atomic mass is 10.1. The highest BCUT2D eigenvalue weighted by molar-refractivity contribution is 6.06. The Morgan fingerprint density at radius 3 is 2.78 bits per heavy atom. The van der Waals surface area contributed by atoms with Crippen LogP contribution >= 0.6 is 0 Å². The summed E-state index contributed by atoms with van der Waals surface area (Å²) < 4.78 is 18.5. The Kier molecular flexibility index (Phi) is 5.26. The molecule has 1 aromatic carbocycles. The standard InChI is InChI=1S/C24H24N4O4/c1-15(2)28-23-19(14-26-28)18(24(29)25-8-7-17-4-3-9-30-17)13-20(27-23)16-5-6-21-22(12-16)32-11-10-31-21/h3-6,9,12-15H,7-8,10-11H2,1-2H3,(H,25,29). The first-order chi connectivity index (χ1) is 15.6. The zero-order valence-corrected chi connectivity index (χ0v) is 18.0. The van der Waals surface area contributed by atoms with Crippen LogP contribution in [-0.4, -0.2) is 40.4 Å². The second-order valence-corrected chi connectivity index (χ2v) is 7.92. The fourth-order valence-corrected chi connectivity index (χ4v) is 3.78. The van der Waals surface area contributed by atoms with Gasteiger partial charge in [0.25, 0.3) is 5.91 Å². The van der Waals surface area contributed by atoms with Gasteiger partial charge in [0.2, 0.25) is 0 Å². The van der Waals surface area contributed by atoms with E-state index in [2.05, 4.69) is 10.4 Å². The van der Waals surface area contributed by atoms with Crippen molar-refractivity contribution >= 4 is 16.9 Å². The van der Waals surface area contributed by atoms with Gasteiger partial charge in [0.1, 0.15) is 19.0 Å². The number of carbonyl (C=O) groups excluding carboxylic acids is 1. The summed E-state index contributed by atoms with van der Waals surface area (Å²) in [5.74, 6) is 2.04. The molecule has 1 amide bonds. The Hall–Kier alpha value is -3.81. The van der Waals surface area contributed by atoms with Gasteiger partial charge in [-0.25, -0.2) is 9.67 Å². The van der Waals surface area contributed by atoms with Gasteiger partial charge in [0.15, 0.2) is 17.1 Å². The highest BCUT2D eigenvalue weighted by Crippen LogP contribution is 2.35. The van der Waals surface area contributed by atoms with E-state index in [1.807, 2.05) is 54.9 Å². The van der Waals surface area contributed by atoms with Crippen molar-refractivity contribution in [1.29, 1.82) is 0 Å². The zero-order valence-electron chi connectivity index (χ0n) is 18.0. The molecule has 0 spiro atoms. The fourth-order valence-electron chi connectivity index (χ4n) is 3.78. The summed E-state index contributed by atoms with van der Waals surface area (Å²) in [6.45, 7) is 5.58. The highest BCUT2D eigenvalue weighted by Gasteiger charge is 2.20. The number of aromatic nitrogens is 3. The molecule has 0 saturated carbocycles. The first-order valence-corrected chi connectivity index (χ1v) is 10.7. The Morgan fingerprint density at radius 1 is 1.16 bits per heavy atom. The summed E-state index contributed by atoms with van der Waals surface area (Å²) in [4.78, 5) is 18.0. The third kappa shape index (κ3) is 3.79. The number of benzene rings is 1. The van der Waals surface area contributed by atoms with Gasteiger partial charge >= 0.3 is 0 Å². The van der Waals surface area contributed by atoms with E-state index in [-0.39, 0.29) is 11.9 Å². The van der Waals surface area contributed by atoms with E-state index in [9.17, 15) is 4.79 Å². The van der Waals surface area contributed by atoms with Crippen LogP contribution < -0.4 is 14.8 Å². The molecule has 0 aliphatic carbocycles. The minimum atomic E-state index is -0.175. The molecule has 164 valence electrons. The fraction of sp³-hybridized carbons (Fsp3) is 0.292. The Balaban J connectivity index is 1.52. The predicted octanol–water partition coefficient (Wildman–Crippen LogP) is 4.02. The molecule has 1 aliphatic rings. The molecule has 3 aromatic heterocycles. The molecule has 0 atom stereocenters. The molecular formula is C24H24N4O4. The number of fused-ring (bicyclic) bond motifs is 2. The van der Waals surface area contributed by atoms with E-state index in [1.54, 1.807) is 12.5 Å². The van der Waals surface area contributed by atoms with Crippen LogP contribution in [0.1, 0.15) is 36.0 Å². The van der Waals surface area contributed by atoms with Gasteiger partial charge in [-0.05, 0) is 50.2 Å². The average molecular weight is 432 g/mol. The van der Waals surface area contributed by atoms with Crippen molar-refractivity contribution in [3.63, 3.8) is 0 Å². The Bertz CT molecular complexity index is 1260. The average Bonchev–Trinajstić information content (AvgIpc) is 3.48. The summed E-state index contributed by atoms with van der Waals surface area (Å²) in [5, 5.41) is 8.18. The summed E-state index contributed by atoms with van der Waals surface area (Å²) in [5.41, 5.74) is 2.72. The number of hydrogen-bond donors (Lipinski definition) is 1. The predicted molar refractivity (Wildman–Crippen MR) is 119 cm³/mol. The lowest BCUT2D eigenvalue weighted by Crippen LogP contribution is -2.26. The van der Waals surface area contributed by atoms with E-state index >= 15 is 0 Å². The SMILES string of the molecule is CC(C)n1ncc2c(C(=O)NCCc3ccco3)cc(-c3ccc4c(c3)OCCO4)nc21. The maximum Gasteiger partial charge on any atom is 0.252 e. The van der Waals surface area contributed by atoms with Crippen molar-refractivity contribution in [2.75, 3.05) is 19.8 Å². The molecule has 0 radical (unpaired) electrons. The number of furan rings is 1. The minimum absolute atomic E-state index is 0.102. The van der Waals surface area contributed by atoms with Crippen LogP contribution in [0.3, 0.4) is 0 Å². The van der Waals surface area contributed by atoms with Crippen molar-refractivity contribution in [1.82, 2.24) is 20.1 Å². The zero-order chi connectivity index (χ0) is 22.1. The molecule has 8 nitrogen and oxygen atoms in total. The number of carbonyl (C=O) groups is 1. The molecule has 32 heavy (non-hydrogen) atoms. The smallest absolute Gasteiger partial charge is 0.252 e. The van der Waals surface area contributed by atoms with Gasteiger partial charge in [-0.15, -0.1) is 0 Å². The van der Waals surface area contributed by atoms with E-state index < -0.39 is 0 Å². The van der Waals surface area contributed by atoms with E-state index in [0.29, 0.717) is 54.6 Å². The van der Waals surface area contributed by atoms with Gasteiger partial charge in [-0.3, -0.25) is 4.79 Å². The molecule has 0 bridgehead atoms. The quantitative estimate of drug-likeness (QED) is 0.495. The molecule has 1 aliphatic heterocycles. The molecule has 4 aromatic rings. The Morgan fingerprint density at radius 2 is 2.00 bits per heavy atom. The van der Waals surface area contributed by atoms with E-state index in [1.165, 1.54) is 0 Å². The van der Waals surface area contributed by atoms with E-state index in [0.717, 1.165) is 16.7 Å². The Labute approximate surface area is 185 Å². The maximum absolute atomic E-state index is 13.1. The van der Waals surface area contributed by atoms with Crippen molar-refractivity contribution in [2.24, 2.45) is 0 Å². The van der Waals surface area contributed by atoms with Gasteiger partial charge in [-0.2, -0.15) is 5.10 Å². The van der Waals surface area contributed by atoms with Crippen LogP contribution in [0.15, 0.2) is 53.3 Å². The van der Waals surface area contributed by atoms with Crippen molar-refractivity contribution in [3.8, 4) is 22.8 Å². The first kappa shape index (κ1) is 20.1. The molecule has 5 rings (SSSR count). The number of nitrogens with zero attached hydrogens (tertiary/aromatic N) is 3. The summed E-state index contributed by atoms with van der Waals surface area (Å²) in [6.07, 6.45) is 3.95. The number of pyridine rings is 1. The van der Waals surface area contributed by atoms with Crippen LogP contribution in [0.4, 0.5) is 0 Å². The van der Waals surface area contributed by atoms with Crippen LogP contribution in [0, 0.1) is 0 Å². The van der Waals surface area contributed by atoms with Gasteiger partial charge in [-0.1, -0.05) is 0 Å². The first-order valence-electron chi connectivity index (χ1n) is 10.7. The van der Waals surface area contributed by atoms with Crippen LogP contribution in [0.2, 0.25) is 0 Å². The third-order valence-electron chi connectivity index (χ3n) is 5.38. The van der Waals surface area contributed by atoms with E-state index in [4.69, 9.17) is 18.9 Å². The molecule has 0 fully saturated rings. The van der Waals surface area contributed by atoms with Crippen molar-refractivity contribution in [2.45, 2.75) is 26.3 Å². The minimum Gasteiger partial charge on any atom is -0.486 e. The number of hydrogen-bond acceptors (Lipinski definition) is 6. The topological polar surface area (TPSA) is 91.4 Å². The summed E-state index contributed by atoms with van der Waals surface area (Å²) in [6, 6.07) is 11.3. The van der Waals surface area contributed by atoms with Crippen LogP contribution in [0.5, 0.6) is 11.5 Å². The third-order valence-corrected chi connectivity index (χ3v) is 5.38. The molecule has 8 heteroatoms. The van der Waals surface area contributed by atoms with Gasteiger partial charge in [0.05, 0.1) is 29.1 Å². The van der Waals surface area contributed by atoms with Crippen LogP contribution in [0.25, 0.3) is 22.3 Å². The number of nitrogens with one attached hydrogen (secondary N) is 1. The summed E-state index contributed by atoms with van der Waals surface area (Å²) in [7, 11) is 0. The highest BCUT2D eigenvalue weighted by atomic mass is 16.6. The second kappa shape index (κ2) is 8.37. The number of rotatable bonds is 6. The molecular weight excluding hydrogens is 408 g/mol. The lowest BCUT2D eigenvalue weighted by molar-refractivity contribution is 0.0955. The van der Waals surface area contributed by atoms with Crippen molar-refractivity contribution in [3.05, 3.63) is 60.2 Å². The molecule has 0 saturated heterocycles.